The molecule has 2 aliphatic heterocycles. The van der Waals surface area contributed by atoms with Gasteiger partial charge in [-0.1, -0.05) is 19.7 Å². The minimum atomic E-state index is -0.460. The average Bonchev–Trinajstić information content (AvgIpc) is 2.44. The minimum Gasteiger partial charge on any atom is -0.337 e. The second-order valence-corrected chi connectivity index (χ2v) is 7.65. The smallest absolute Gasteiger partial charge is 0.265 e. The molecule has 6 heteroatoms. The molecule has 3 atom stereocenters. The second-order valence-electron chi connectivity index (χ2n) is 5.81. The van der Waals surface area contributed by atoms with E-state index < -0.39 is 6.04 Å². The fourth-order valence-electron chi connectivity index (χ4n) is 2.77. The molecule has 0 aromatic carbocycles. The molecule has 2 unspecified atom stereocenters. The quantitative estimate of drug-likeness (QED) is 0.486. The van der Waals surface area contributed by atoms with Gasteiger partial charge in [-0.25, -0.2) is 0 Å². The summed E-state index contributed by atoms with van der Waals surface area (Å²) in [5.41, 5.74) is 2.73. The highest BCUT2D eigenvalue weighted by atomic mass is 32.2. The number of carbonyl (C=O) groups excluding carboxylic acids is 2. The molecule has 1 fully saturated rings. The van der Waals surface area contributed by atoms with E-state index in [-0.39, 0.29) is 27.7 Å². The fraction of sp³-hybridized carbons (Fsp3) is 0.600. The molecule has 0 saturated carbocycles. The van der Waals surface area contributed by atoms with E-state index in [1.165, 1.54) is 5.57 Å². The molecule has 0 radical (unpaired) electrons. The van der Waals surface area contributed by atoms with E-state index in [9.17, 15) is 9.59 Å². The third-order valence-electron chi connectivity index (χ3n) is 4.20. The number of amides is 2. The number of carbonyl (C=O) groups is 2. The molecular formula is C15H23N3O2S. The van der Waals surface area contributed by atoms with E-state index in [0.717, 1.165) is 11.4 Å². The zero-order valence-corrected chi connectivity index (χ0v) is 14.1. The van der Waals surface area contributed by atoms with Crippen LogP contribution in [0.1, 0.15) is 27.7 Å². The van der Waals surface area contributed by atoms with E-state index in [2.05, 4.69) is 30.0 Å². The molecule has 0 aliphatic carbocycles. The topological polar surface area (TPSA) is 61.8 Å². The van der Waals surface area contributed by atoms with Crippen LogP contribution in [0.2, 0.25) is 0 Å². The molecule has 2 heterocycles. The maximum atomic E-state index is 12.4. The summed E-state index contributed by atoms with van der Waals surface area (Å²) in [7, 11) is 1.38. The van der Waals surface area contributed by atoms with Crippen LogP contribution in [0.3, 0.4) is 0 Å². The number of hydrogen-bond acceptors (Lipinski definition) is 3. The van der Waals surface area contributed by atoms with E-state index in [1.54, 1.807) is 14.0 Å². The molecule has 0 bridgehead atoms. The van der Waals surface area contributed by atoms with Crippen molar-refractivity contribution >= 4 is 33.9 Å². The third-order valence-corrected chi connectivity index (χ3v) is 6.05. The van der Waals surface area contributed by atoms with Crippen LogP contribution in [0.25, 0.3) is 0 Å². The monoisotopic (exact) mass is 309 g/mol. The number of β-lactam (4-membered cyclic amide) rings is 1. The molecule has 1 saturated heterocycles. The highest BCUT2D eigenvalue weighted by molar-refractivity contribution is 8.15. The summed E-state index contributed by atoms with van der Waals surface area (Å²) >= 11 is 0. The fourth-order valence-corrected chi connectivity index (χ4v) is 5.01. The lowest BCUT2D eigenvalue weighted by Crippen LogP contribution is -2.70. The van der Waals surface area contributed by atoms with Crippen molar-refractivity contribution in [3.63, 3.8) is 0 Å². The predicted molar refractivity (Wildman–Crippen MR) is 88.7 cm³/mol. The van der Waals surface area contributed by atoms with E-state index in [0.29, 0.717) is 11.6 Å². The first kappa shape index (κ1) is 15.9. The van der Waals surface area contributed by atoms with Crippen LogP contribution in [0.4, 0.5) is 0 Å². The highest BCUT2D eigenvalue weighted by Gasteiger charge is 2.52. The third kappa shape index (κ3) is 2.57. The SMILES string of the molecule is C=S1CC(C(C)C)=C(C)N2C(=O)C(NC(=O)C(C)=NC)[C@H]21. The van der Waals surface area contributed by atoms with Gasteiger partial charge in [-0.15, -0.1) is 0 Å². The highest BCUT2D eigenvalue weighted by Crippen LogP contribution is 2.44. The van der Waals surface area contributed by atoms with Gasteiger partial charge in [0.1, 0.15) is 11.4 Å². The second kappa shape index (κ2) is 5.75. The van der Waals surface area contributed by atoms with Crippen LogP contribution in [0.15, 0.2) is 16.3 Å². The summed E-state index contributed by atoms with van der Waals surface area (Å²) < 4.78 is 0. The van der Waals surface area contributed by atoms with Crippen molar-refractivity contribution in [2.24, 2.45) is 10.9 Å². The molecule has 21 heavy (non-hydrogen) atoms. The summed E-state index contributed by atoms with van der Waals surface area (Å²) in [5, 5.41) is 2.79. The van der Waals surface area contributed by atoms with Gasteiger partial charge in [-0.3, -0.25) is 19.5 Å². The van der Waals surface area contributed by atoms with Crippen molar-refractivity contribution in [3.05, 3.63) is 11.3 Å². The van der Waals surface area contributed by atoms with Crippen molar-refractivity contribution in [1.82, 2.24) is 10.2 Å². The lowest BCUT2D eigenvalue weighted by atomic mass is 9.98. The molecule has 0 aromatic rings. The Balaban J connectivity index is 2.22. The maximum Gasteiger partial charge on any atom is 0.265 e. The van der Waals surface area contributed by atoms with Gasteiger partial charge < -0.3 is 5.32 Å². The summed E-state index contributed by atoms with van der Waals surface area (Å²) in [4.78, 5) is 30.0. The van der Waals surface area contributed by atoms with Crippen molar-refractivity contribution < 1.29 is 9.59 Å². The van der Waals surface area contributed by atoms with Gasteiger partial charge in [0.25, 0.3) is 11.8 Å². The average molecular weight is 309 g/mol. The van der Waals surface area contributed by atoms with Crippen LogP contribution in [-0.2, 0) is 9.59 Å². The Bertz CT molecular complexity index is 577. The van der Waals surface area contributed by atoms with Crippen molar-refractivity contribution in [3.8, 4) is 0 Å². The zero-order chi connectivity index (χ0) is 15.9. The van der Waals surface area contributed by atoms with Crippen molar-refractivity contribution in [2.45, 2.75) is 39.1 Å². The predicted octanol–water partition coefficient (Wildman–Crippen LogP) is 1.37. The molecule has 0 spiro atoms. The van der Waals surface area contributed by atoms with Gasteiger partial charge in [-0.2, -0.15) is 10.5 Å². The standard InChI is InChI=1S/C15H23N3O2S/c1-8(2)11-7-21(6)15-12(14(20)18(15)10(11)4)17-13(19)9(3)16-5/h8,12,15H,6-7H2,1-5H3,(H,17,19)/t12?,15-,21?/m1/s1. The Morgan fingerprint density at radius 1 is 1.52 bits per heavy atom. The summed E-state index contributed by atoms with van der Waals surface area (Å²) in [5.74, 6) is 5.24. The number of nitrogens with one attached hydrogen (secondary N) is 1. The number of hydrogen-bond donors (Lipinski definition) is 1. The summed E-state index contributed by atoms with van der Waals surface area (Å²) in [6.45, 7) is 7.92. The largest absolute Gasteiger partial charge is 0.337 e. The van der Waals surface area contributed by atoms with Crippen LogP contribution in [0, 0.1) is 5.92 Å². The summed E-state index contributed by atoms with van der Waals surface area (Å²) in [6.07, 6.45) is 0. The number of nitrogens with zero attached hydrogens (tertiary/aromatic N) is 2. The molecule has 0 aromatic heterocycles. The zero-order valence-electron chi connectivity index (χ0n) is 13.3. The Morgan fingerprint density at radius 3 is 2.67 bits per heavy atom. The first-order valence-electron chi connectivity index (χ1n) is 7.06. The number of rotatable bonds is 3. The van der Waals surface area contributed by atoms with Crippen molar-refractivity contribution in [2.75, 3.05) is 12.8 Å². The van der Waals surface area contributed by atoms with Crippen LogP contribution >= 0.6 is 10.5 Å². The lowest BCUT2D eigenvalue weighted by Gasteiger charge is -2.52. The van der Waals surface area contributed by atoms with E-state index in [1.807, 2.05) is 11.8 Å². The van der Waals surface area contributed by atoms with Crippen LogP contribution < -0.4 is 5.32 Å². The Kier molecular flexibility index (Phi) is 4.37. The van der Waals surface area contributed by atoms with Gasteiger partial charge in [0.15, 0.2) is 0 Å². The number of aliphatic imine (C=N–C) groups is 1. The Hall–Kier alpha value is -1.43. The molecular weight excluding hydrogens is 286 g/mol. The Labute approximate surface area is 128 Å². The van der Waals surface area contributed by atoms with Gasteiger partial charge in [-0.05, 0) is 25.3 Å². The first-order valence-corrected chi connectivity index (χ1v) is 8.68. The molecule has 5 nitrogen and oxygen atoms in total. The van der Waals surface area contributed by atoms with Gasteiger partial charge in [0.05, 0.1) is 5.71 Å². The van der Waals surface area contributed by atoms with E-state index >= 15 is 0 Å². The van der Waals surface area contributed by atoms with Crippen LogP contribution in [0.5, 0.6) is 0 Å². The summed E-state index contributed by atoms with van der Waals surface area (Å²) in [6, 6.07) is -0.460. The maximum absolute atomic E-state index is 12.4. The molecule has 2 amide bonds. The van der Waals surface area contributed by atoms with Gasteiger partial charge >= 0.3 is 0 Å². The Morgan fingerprint density at radius 2 is 2.14 bits per heavy atom. The minimum absolute atomic E-state index is 0.00592. The normalized spacial score (nSPS) is 29.4. The van der Waals surface area contributed by atoms with Gasteiger partial charge in [0, 0.05) is 18.5 Å². The number of allylic oxidation sites excluding steroid dienone is 1. The van der Waals surface area contributed by atoms with Gasteiger partial charge in [0.2, 0.25) is 0 Å². The first-order chi connectivity index (χ1) is 9.79. The molecule has 2 aliphatic rings. The van der Waals surface area contributed by atoms with Crippen molar-refractivity contribution in [1.29, 1.82) is 0 Å². The van der Waals surface area contributed by atoms with Crippen LogP contribution in [-0.4, -0.2) is 52.5 Å². The molecule has 1 N–H and O–H groups in total. The molecule has 2 rings (SSSR count). The van der Waals surface area contributed by atoms with E-state index in [4.69, 9.17) is 0 Å². The number of fused-ring (bicyclic) bond motifs is 1. The molecule has 116 valence electrons. The lowest BCUT2D eigenvalue weighted by molar-refractivity contribution is -0.145.